The van der Waals surface area contributed by atoms with E-state index in [1.54, 1.807) is 0 Å². The average Bonchev–Trinajstić information content (AvgIpc) is 2.42. The number of ether oxygens (including phenoxy) is 1. The molecule has 0 aromatic heterocycles. The lowest BCUT2D eigenvalue weighted by molar-refractivity contribution is -0.167. The van der Waals surface area contributed by atoms with Gasteiger partial charge in [-0.25, -0.2) is 0 Å². The quantitative estimate of drug-likeness (QED) is 0.614. The molecule has 1 saturated carbocycles. The van der Waals surface area contributed by atoms with Crippen molar-refractivity contribution in [2.24, 2.45) is 11.3 Å². The number of rotatable bonds is 0. The van der Waals surface area contributed by atoms with E-state index in [4.69, 9.17) is 4.74 Å². The number of carbonyl (C=O) groups is 1. The van der Waals surface area contributed by atoms with E-state index >= 15 is 0 Å². The van der Waals surface area contributed by atoms with Crippen molar-refractivity contribution >= 4 is 5.78 Å². The molecule has 0 aromatic carbocycles. The molecule has 0 aromatic rings. The summed E-state index contributed by atoms with van der Waals surface area (Å²) >= 11 is 0. The van der Waals surface area contributed by atoms with Crippen molar-refractivity contribution in [3.8, 4) is 0 Å². The molecular weight excluding hydrogens is 188 g/mol. The van der Waals surface area contributed by atoms with Crippen molar-refractivity contribution in [1.82, 2.24) is 0 Å². The molecular formula is C13H22O2. The lowest BCUT2D eigenvalue weighted by atomic mass is 9.63. The van der Waals surface area contributed by atoms with Gasteiger partial charge in [-0.2, -0.15) is 0 Å². The molecule has 3 atom stereocenters. The highest BCUT2D eigenvalue weighted by atomic mass is 16.5. The Kier molecular flexibility index (Phi) is 2.45. The lowest BCUT2D eigenvalue weighted by Crippen LogP contribution is -2.54. The van der Waals surface area contributed by atoms with E-state index in [2.05, 4.69) is 27.7 Å². The zero-order valence-electron chi connectivity index (χ0n) is 10.3. The van der Waals surface area contributed by atoms with Crippen LogP contribution < -0.4 is 0 Å². The first kappa shape index (κ1) is 11.1. The SMILES string of the molecule is C[C@@H]1C[C@@]2(O[C@H]1C)C(=O)CCCC2(C)C. The largest absolute Gasteiger partial charge is 0.363 e. The Labute approximate surface area is 92.4 Å². The monoisotopic (exact) mass is 210 g/mol. The van der Waals surface area contributed by atoms with Crippen LogP contribution in [0.1, 0.15) is 53.4 Å². The minimum atomic E-state index is -0.468. The van der Waals surface area contributed by atoms with E-state index in [1.807, 2.05) is 0 Å². The Balaban J connectivity index is 2.35. The Bertz CT molecular complexity index is 270. The summed E-state index contributed by atoms with van der Waals surface area (Å²) in [7, 11) is 0. The molecule has 0 radical (unpaired) electrons. The maximum absolute atomic E-state index is 12.2. The van der Waals surface area contributed by atoms with Crippen LogP contribution in [0, 0.1) is 11.3 Å². The van der Waals surface area contributed by atoms with Gasteiger partial charge < -0.3 is 4.74 Å². The minimum Gasteiger partial charge on any atom is -0.363 e. The number of ketones is 1. The molecule has 1 aliphatic heterocycles. The second-order valence-corrected chi connectivity index (χ2v) is 5.99. The predicted octanol–water partition coefficient (Wildman–Crippen LogP) is 2.95. The third-order valence-corrected chi connectivity index (χ3v) is 4.55. The van der Waals surface area contributed by atoms with Gasteiger partial charge in [0, 0.05) is 11.8 Å². The van der Waals surface area contributed by atoms with E-state index < -0.39 is 5.60 Å². The highest BCUT2D eigenvalue weighted by molar-refractivity contribution is 5.89. The molecule has 2 fully saturated rings. The zero-order chi connectivity index (χ0) is 11.3. The summed E-state index contributed by atoms with van der Waals surface area (Å²) in [6.45, 7) is 8.67. The number of hydrogen-bond acceptors (Lipinski definition) is 2. The molecule has 1 aliphatic carbocycles. The second kappa shape index (κ2) is 3.31. The van der Waals surface area contributed by atoms with Gasteiger partial charge >= 0.3 is 0 Å². The van der Waals surface area contributed by atoms with Gasteiger partial charge in [0.1, 0.15) is 5.60 Å². The van der Waals surface area contributed by atoms with E-state index in [1.165, 1.54) is 0 Å². The fourth-order valence-electron chi connectivity index (χ4n) is 3.19. The second-order valence-electron chi connectivity index (χ2n) is 5.99. The number of Topliss-reactive ketones (excluding diaryl/α,β-unsaturated/α-hetero) is 1. The molecule has 2 heteroatoms. The van der Waals surface area contributed by atoms with Crippen LogP contribution in [-0.2, 0) is 9.53 Å². The molecule has 86 valence electrons. The van der Waals surface area contributed by atoms with Crippen LogP contribution in [-0.4, -0.2) is 17.5 Å². The summed E-state index contributed by atoms with van der Waals surface area (Å²) in [5.74, 6) is 0.848. The van der Waals surface area contributed by atoms with Gasteiger partial charge in [-0.3, -0.25) is 4.79 Å². The molecule has 2 nitrogen and oxygen atoms in total. The van der Waals surface area contributed by atoms with E-state index in [9.17, 15) is 4.79 Å². The smallest absolute Gasteiger partial charge is 0.165 e. The van der Waals surface area contributed by atoms with Crippen LogP contribution in [0.3, 0.4) is 0 Å². The van der Waals surface area contributed by atoms with E-state index in [-0.39, 0.29) is 11.5 Å². The van der Waals surface area contributed by atoms with Crippen LogP contribution in [0.5, 0.6) is 0 Å². The number of hydrogen-bond donors (Lipinski definition) is 0. The summed E-state index contributed by atoms with van der Waals surface area (Å²) in [4.78, 5) is 12.2. The first-order valence-electron chi connectivity index (χ1n) is 6.10. The average molecular weight is 210 g/mol. The summed E-state index contributed by atoms with van der Waals surface area (Å²) in [6, 6.07) is 0. The lowest BCUT2D eigenvalue weighted by Gasteiger charge is -2.46. The molecule has 0 amide bonds. The number of carbonyl (C=O) groups excluding carboxylic acids is 1. The van der Waals surface area contributed by atoms with Gasteiger partial charge in [0.05, 0.1) is 6.10 Å². The van der Waals surface area contributed by atoms with Crippen molar-refractivity contribution in [2.45, 2.75) is 65.1 Å². The third kappa shape index (κ3) is 1.45. The fourth-order valence-corrected chi connectivity index (χ4v) is 3.19. The molecule has 2 rings (SSSR count). The normalized spacial score (nSPS) is 44.9. The molecule has 1 heterocycles. The Hall–Kier alpha value is -0.370. The molecule has 0 N–H and O–H groups in total. The molecule has 2 aliphatic rings. The molecule has 1 spiro atoms. The first-order valence-corrected chi connectivity index (χ1v) is 6.10. The van der Waals surface area contributed by atoms with Crippen molar-refractivity contribution in [3.63, 3.8) is 0 Å². The van der Waals surface area contributed by atoms with E-state index in [0.717, 1.165) is 19.3 Å². The summed E-state index contributed by atoms with van der Waals surface area (Å²) in [5, 5.41) is 0. The van der Waals surface area contributed by atoms with Crippen LogP contribution in [0.4, 0.5) is 0 Å². The van der Waals surface area contributed by atoms with Crippen molar-refractivity contribution < 1.29 is 9.53 Å². The summed E-state index contributed by atoms with van der Waals surface area (Å²) < 4.78 is 6.08. The minimum absolute atomic E-state index is 0.0152. The maximum atomic E-state index is 12.2. The predicted molar refractivity (Wildman–Crippen MR) is 59.7 cm³/mol. The van der Waals surface area contributed by atoms with Crippen LogP contribution in [0.15, 0.2) is 0 Å². The fraction of sp³-hybridized carbons (Fsp3) is 0.923. The Morgan fingerprint density at radius 1 is 1.33 bits per heavy atom. The van der Waals surface area contributed by atoms with Gasteiger partial charge in [0.15, 0.2) is 5.78 Å². The van der Waals surface area contributed by atoms with Crippen LogP contribution in [0.25, 0.3) is 0 Å². The topological polar surface area (TPSA) is 26.3 Å². The third-order valence-electron chi connectivity index (χ3n) is 4.55. The summed E-state index contributed by atoms with van der Waals surface area (Å²) in [5.41, 5.74) is -0.453. The Morgan fingerprint density at radius 3 is 2.47 bits per heavy atom. The van der Waals surface area contributed by atoms with Crippen LogP contribution >= 0.6 is 0 Å². The van der Waals surface area contributed by atoms with Gasteiger partial charge in [-0.1, -0.05) is 20.8 Å². The summed E-state index contributed by atoms with van der Waals surface area (Å²) in [6.07, 6.45) is 3.99. The zero-order valence-corrected chi connectivity index (χ0v) is 10.3. The molecule has 1 saturated heterocycles. The molecule has 0 bridgehead atoms. The molecule has 15 heavy (non-hydrogen) atoms. The molecule has 0 unspecified atom stereocenters. The van der Waals surface area contributed by atoms with E-state index in [0.29, 0.717) is 18.1 Å². The highest BCUT2D eigenvalue weighted by Gasteiger charge is 2.58. The van der Waals surface area contributed by atoms with Gasteiger partial charge in [-0.05, 0) is 32.1 Å². The van der Waals surface area contributed by atoms with Crippen molar-refractivity contribution in [1.29, 1.82) is 0 Å². The first-order chi connectivity index (χ1) is 6.89. The van der Waals surface area contributed by atoms with Gasteiger partial charge in [0.2, 0.25) is 0 Å². The standard InChI is InChI=1S/C13H22O2/c1-9-8-13(15-10(9)2)11(14)6-5-7-12(13,3)4/h9-10H,5-8H2,1-4H3/t9-,10+,13-/m1/s1. The highest BCUT2D eigenvalue weighted by Crippen LogP contribution is 2.52. The van der Waals surface area contributed by atoms with Gasteiger partial charge in [-0.15, -0.1) is 0 Å². The van der Waals surface area contributed by atoms with Gasteiger partial charge in [0.25, 0.3) is 0 Å². The van der Waals surface area contributed by atoms with Crippen molar-refractivity contribution in [2.75, 3.05) is 0 Å². The Morgan fingerprint density at radius 2 is 2.00 bits per heavy atom. The maximum Gasteiger partial charge on any atom is 0.165 e. The van der Waals surface area contributed by atoms with Crippen LogP contribution in [0.2, 0.25) is 0 Å². The van der Waals surface area contributed by atoms with Crippen molar-refractivity contribution in [3.05, 3.63) is 0 Å².